The lowest BCUT2D eigenvalue weighted by molar-refractivity contribution is 0.0827. The number of carbonyl (C=O) groups is 2. The van der Waals surface area contributed by atoms with E-state index in [2.05, 4.69) is 15.8 Å². The highest BCUT2D eigenvalue weighted by molar-refractivity contribution is 6.34. The second kappa shape index (κ2) is 9.05. The van der Waals surface area contributed by atoms with E-state index in [1.165, 1.54) is 11.0 Å². The average Bonchev–Trinajstić information content (AvgIpc) is 2.67. The van der Waals surface area contributed by atoms with E-state index >= 15 is 0 Å². The monoisotopic (exact) mass is 416 g/mol. The Morgan fingerprint density at radius 2 is 1.83 bits per heavy atom. The van der Waals surface area contributed by atoms with E-state index in [9.17, 15) is 14.5 Å². The molecule has 0 saturated carbocycles. The first-order valence-electron chi connectivity index (χ1n) is 9.08. The van der Waals surface area contributed by atoms with Crippen LogP contribution in [0.5, 0.6) is 0 Å². The Hall–Kier alpha value is -2.93. The van der Waals surface area contributed by atoms with Crippen LogP contribution in [0.1, 0.15) is 48.3 Å². The number of urea groups is 1. The van der Waals surface area contributed by atoms with Crippen LogP contribution in [0.3, 0.4) is 0 Å². The summed E-state index contributed by atoms with van der Waals surface area (Å²) in [7, 11) is 3.26. The molecule has 2 aromatic carbocycles. The molecule has 0 aromatic heterocycles. The van der Waals surface area contributed by atoms with Crippen LogP contribution in [0.25, 0.3) is 0 Å². The zero-order valence-corrected chi connectivity index (χ0v) is 17.9. The van der Waals surface area contributed by atoms with Crippen molar-refractivity contribution >= 4 is 29.2 Å². The van der Waals surface area contributed by atoms with Crippen LogP contribution in [0.2, 0.25) is 5.02 Å². The highest BCUT2D eigenvalue weighted by Crippen LogP contribution is 2.26. The van der Waals surface area contributed by atoms with Crippen molar-refractivity contribution in [1.29, 1.82) is 0 Å². The minimum absolute atomic E-state index is 0.255. The molecule has 154 valence electrons. The van der Waals surface area contributed by atoms with E-state index in [0.29, 0.717) is 16.3 Å². The quantitative estimate of drug-likeness (QED) is 0.654. The SMILES string of the molecule is CC(N=O)c1cccc(C(C)(C)NC(=O)Nc2ccc(Cl)c(C(=O)N(C)C)c2)c1. The van der Waals surface area contributed by atoms with Gasteiger partial charge in [-0.05, 0) is 50.1 Å². The highest BCUT2D eigenvalue weighted by Gasteiger charge is 2.24. The normalized spacial score (nSPS) is 12.1. The number of benzene rings is 2. The summed E-state index contributed by atoms with van der Waals surface area (Å²) in [5.74, 6) is -0.255. The van der Waals surface area contributed by atoms with Crippen LogP contribution in [-0.4, -0.2) is 30.9 Å². The molecule has 2 aromatic rings. The molecule has 0 spiro atoms. The van der Waals surface area contributed by atoms with Crippen molar-refractivity contribution < 1.29 is 9.59 Å². The maximum absolute atomic E-state index is 12.6. The Bertz CT molecular complexity index is 928. The molecule has 0 aliphatic rings. The zero-order chi connectivity index (χ0) is 21.8. The van der Waals surface area contributed by atoms with Gasteiger partial charge in [-0.1, -0.05) is 41.0 Å². The van der Waals surface area contributed by atoms with Crippen molar-refractivity contribution in [2.75, 3.05) is 19.4 Å². The van der Waals surface area contributed by atoms with Crippen LogP contribution in [-0.2, 0) is 5.54 Å². The van der Waals surface area contributed by atoms with Gasteiger partial charge in [-0.15, -0.1) is 0 Å². The molecule has 2 rings (SSSR count). The second-order valence-corrected chi connectivity index (χ2v) is 7.91. The summed E-state index contributed by atoms with van der Waals surface area (Å²) in [6, 6.07) is 11.2. The largest absolute Gasteiger partial charge is 0.345 e. The molecule has 7 nitrogen and oxygen atoms in total. The molecule has 1 atom stereocenters. The number of anilines is 1. The fourth-order valence-electron chi connectivity index (χ4n) is 2.77. The molecule has 29 heavy (non-hydrogen) atoms. The Labute approximate surface area is 175 Å². The molecule has 0 aliphatic carbocycles. The van der Waals surface area contributed by atoms with Crippen molar-refractivity contribution in [1.82, 2.24) is 10.2 Å². The first kappa shape index (κ1) is 22.4. The number of amides is 3. The third-order valence-electron chi connectivity index (χ3n) is 4.54. The Kier molecular flexibility index (Phi) is 6.97. The number of nitroso groups, excluding NO2 is 1. The Morgan fingerprint density at radius 3 is 2.45 bits per heavy atom. The van der Waals surface area contributed by atoms with Crippen molar-refractivity contribution in [3.05, 3.63) is 69.1 Å². The lowest BCUT2D eigenvalue weighted by atomic mass is 9.92. The van der Waals surface area contributed by atoms with Gasteiger partial charge in [-0.2, -0.15) is 4.91 Å². The molecular weight excluding hydrogens is 392 g/mol. The van der Waals surface area contributed by atoms with Crippen LogP contribution < -0.4 is 10.6 Å². The van der Waals surface area contributed by atoms with Crippen LogP contribution >= 0.6 is 11.6 Å². The van der Waals surface area contributed by atoms with Gasteiger partial charge in [-0.25, -0.2) is 4.79 Å². The van der Waals surface area contributed by atoms with Gasteiger partial charge in [0.1, 0.15) is 6.04 Å². The molecule has 2 N–H and O–H groups in total. The third-order valence-corrected chi connectivity index (χ3v) is 4.87. The maximum atomic E-state index is 12.6. The molecule has 8 heteroatoms. The van der Waals surface area contributed by atoms with Crippen LogP contribution in [0, 0.1) is 4.91 Å². The molecule has 1 unspecified atom stereocenters. The van der Waals surface area contributed by atoms with Crippen molar-refractivity contribution in [3.63, 3.8) is 0 Å². The summed E-state index contributed by atoms with van der Waals surface area (Å²) < 4.78 is 0. The van der Waals surface area contributed by atoms with Crippen molar-refractivity contribution in [2.24, 2.45) is 5.18 Å². The number of nitrogens with zero attached hydrogens (tertiary/aromatic N) is 2. The van der Waals surface area contributed by atoms with Crippen LogP contribution in [0.4, 0.5) is 10.5 Å². The predicted octanol–water partition coefficient (Wildman–Crippen LogP) is 4.93. The minimum Gasteiger partial charge on any atom is -0.345 e. The minimum atomic E-state index is -0.711. The summed E-state index contributed by atoms with van der Waals surface area (Å²) in [6.45, 7) is 5.42. The Morgan fingerprint density at radius 1 is 1.14 bits per heavy atom. The number of carbonyl (C=O) groups excluding carboxylic acids is 2. The van der Waals surface area contributed by atoms with Gasteiger partial charge in [-0.3, -0.25) is 4.79 Å². The summed E-state index contributed by atoms with van der Waals surface area (Å²) >= 11 is 6.10. The van der Waals surface area contributed by atoms with Crippen molar-refractivity contribution in [3.8, 4) is 0 Å². The molecular formula is C21H25ClN4O3. The summed E-state index contributed by atoms with van der Waals surface area (Å²) in [6.07, 6.45) is 0. The van der Waals surface area contributed by atoms with Gasteiger partial charge < -0.3 is 15.5 Å². The lowest BCUT2D eigenvalue weighted by Crippen LogP contribution is -2.43. The number of halogens is 1. The number of hydrogen-bond acceptors (Lipinski definition) is 4. The summed E-state index contributed by atoms with van der Waals surface area (Å²) in [4.78, 5) is 37.0. The lowest BCUT2D eigenvalue weighted by Gasteiger charge is -2.28. The fourth-order valence-corrected chi connectivity index (χ4v) is 2.97. The van der Waals surface area contributed by atoms with E-state index in [0.717, 1.165) is 11.1 Å². The third kappa shape index (κ3) is 5.54. The Balaban J connectivity index is 2.17. The van der Waals surface area contributed by atoms with Crippen LogP contribution in [0.15, 0.2) is 47.6 Å². The van der Waals surface area contributed by atoms with Crippen molar-refractivity contribution in [2.45, 2.75) is 32.4 Å². The average molecular weight is 417 g/mol. The number of hydrogen-bond donors (Lipinski definition) is 2. The molecule has 0 fully saturated rings. The van der Waals surface area contributed by atoms with Gasteiger partial charge in [0.2, 0.25) is 0 Å². The molecule has 0 radical (unpaired) electrons. The molecule has 0 aliphatic heterocycles. The standard InChI is InChI=1S/C21H25ClN4O3/c1-13(25-29)14-7-6-8-15(11-14)21(2,3)24-20(28)23-16-9-10-18(22)17(12-16)19(27)26(4)5/h6-13H,1-5H3,(H2,23,24,28). The fraction of sp³-hybridized carbons (Fsp3) is 0.333. The smallest absolute Gasteiger partial charge is 0.319 e. The van der Waals surface area contributed by atoms with Gasteiger partial charge in [0.15, 0.2) is 0 Å². The van der Waals surface area contributed by atoms with Gasteiger partial charge in [0, 0.05) is 19.8 Å². The van der Waals surface area contributed by atoms with Gasteiger partial charge in [0.25, 0.3) is 5.91 Å². The number of nitrogens with one attached hydrogen (secondary N) is 2. The van der Waals surface area contributed by atoms with E-state index < -0.39 is 17.6 Å². The number of rotatable bonds is 6. The topological polar surface area (TPSA) is 90.9 Å². The van der Waals surface area contributed by atoms with E-state index in [-0.39, 0.29) is 5.91 Å². The molecule has 0 bridgehead atoms. The van der Waals surface area contributed by atoms with E-state index in [1.54, 1.807) is 33.2 Å². The molecule has 3 amide bonds. The van der Waals surface area contributed by atoms with E-state index in [1.807, 2.05) is 38.1 Å². The molecule has 0 heterocycles. The van der Waals surface area contributed by atoms with Gasteiger partial charge in [0.05, 0.1) is 16.1 Å². The maximum Gasteiger partial charge on any atom is 0.319 e. The first-order chi connectivity index (χ1) is 13.5. The first-order valence-corrected chi connectivity index (χ1v) is 9.46. The van der Waals surface area contributed by atoms with Gasteiger partial charge >= 0.3 is 6.03 Å². The van der Waals surface area contributed by atoms with E-state index in [4.69, 9.17) is 11.6 Å². The summed E-state index contributed by atoms with van der Waals surface area (Å²) in [5.41, 5.74) is 1.65. The zero-order valence-electron chi connectivity index (χ0n) is 17.1. The predicted molar refractivity (Wildman–Crippen MR) is 115 cm³/mol. The second-order valence-electron chi connectivity index (χ2n) is 7.51. The summed E-state index contributed by atoms with van der Waals surface area (Å²) in [5, 5.41) is 8.99. The highest BCUT2D eigenvalue weighted by atomic mass is 35.5. The molecule has 0 saturated heterocycles.